The molecule has 17 N–H and O–H groups in total. The molecule has 1 aromatic rings. The summed E-state index contributed by atoms with van der Waals surface area (Å²) in [6, 6.07) is -12.9. The SMILES string of the molecule is CC(C)C[C@H](NC(=O)[C@H](Cc1cnc[nH]1)N[13C](=O)[13C@@H]([15NH]C(=O)[C@H](C)NC(=O)CN)[13CH]([13CH3])[13CH3])C(=O)N[C@H](C(=O)N1CCC[C@H]1C(=O)N[C@@H](CCC(=O)O)C(=O)N[C@@H](CCC(=O)O)C(=O)N[C@@H](CCCCN)C(=O)O)[C@@H](C)O. The molecule has 0 saturated carbocycles. The number of carboxylic acids is 3. The second kappa shape index (κ2) is 32.2. The van der Waals surface area contributed by atoms with Crippen molar-refractivity contribution < 1.29 is 78.0 Å². The van der Waals surface area contributed by atoms with Gasteiger partial charge in [-0.2, -0.15) is 0 Å². The number of hydrogen-bond acceptors (Lipinski definition) is 16. The summed E-state index contributed by atoms with van der Waals surface area (Å²) in [5.41, 5.74) is 11.2. The monoisotopic (exact) mass is 1090 g/mol. The highest BCUT2D eigenvalue weighted by atomic mass is 16.4. The quantitative estimate of drug-likeness (QED) is 0.0177. The predicted molar refractivity (Wildman–Crippen MR) is 267 cm³/mol. The molecule has 0 spiro atoms. The van der Waals surface area contributed by atoms with Gasteiger partial charge in [-0.3, -0.25) is 52.7 Å². The first-order valence-corrected chi connectivity index (χ1v) is 25.1. The lowest BCUT2D eigenvalue weighted by atomic mass is 10.0. The number of aliphatic carboxylic acids is 3. The highest BCUT2D eigenvalue weighted by molar-refractivity contribution is 5.99. The van der Waals surface area contributed by atoms with E-state index in [4.69, 9.17) is 11.5 Å². The van der Waals surface area contributed by atoms with Gasteiger partial charge in [-0.25, -0.2) is 9.78 Å². The Morgan fingerprint density at radius 2 is 1.20 bits per heavy atom. The van der Waals surface area contributed by atoms with Crippen LogP contribution in [-0.4, -0.2) is 186 Å². The number of nitrogens with zero attached hydrogens (tertiary/aromatic N) is 2. The number of rotatable bonds is 34. The minimum atomic E-state index is -1.73. The minimum Gasteiger partial charge on any atom is -0.481 e. The van der Waals surface area contributed by atoms with E-state index < -0.39 is 163 Å². The molecule has 29 heteroatoms. The summed E-state index contributed by atoms with van der Waals surface area (Å²) >= 11 is 0. The summed E-state index contributed by atoms with van der Waals surface area (Å²) in [6.45, 7) is 9.12. The molecule has 1 fully saturated rings. The average Bonchev–Trinajstić information content (AvgIpc) is 4.06. The summed E-state index contributed by atoms with van der Waals surface area (Å²) in [6.07, 6.45) is -0.575. The zero-order valence-corrected chi connectivity index (χ0v) is 43.7. The minimum absolute atomic E-state index is 0.00358. The number of carbonyl (C=O) groups is 12. The standard InChI is InChI=1S/C47H77N13O16/c1-23(2)18-31(56-42(70)32(19-27-21-50-22-51-27)57-45(73)37(24(3)4)58-39(67)25(5)52-34(62)20-49)43(71)59-38(26(6)61)46(74)60-17-9-11-33(60)44(72)54-29(13-15-36(65)66)40(68)53-28(12-14-35(63)64)41(69)55-30(47(75)76)10-7-8-16-48/h21-26,28-33,37-38,61H,7-20,48-49H2,1-6H3,(H,50,51)(H,52,62)(H,53,68)(H,54,72)(H,55,69)(H,56,70)(H,57,73)(H,58,67)(H,59,71)(H,63,64)(H,65,66)(H,75,76)/t25-,26+,28-,29-,30-,31-,32-,33-,37-,38-/m0/s1/i3+1,4+1,24+1,37+1,45+1,58+1. The summed E-state index contributed by atoms with van der Waals surface area (Å²) < 4.78 is 0. The molecule has 1 aliphatic heterocycles. The van der Waals surface area contributed by atoms with Crippen LogP contribution in [0.15, 0.2) is 12.5 Å². The number of nitrogens with one attached hydrogen (secondary N) is 9. The second-order valence-corrected chi connectivity index (χ2v) is 19.3. The Kier molecular flexibility index (Phi) is 27.5. The summed E-state index contributed by atoms with van der Waals surface area (Å²) in [7, 11) is 0. The van der Waals surface area contributed by atoms with Crippen molar-refractivity contribution >= 4 is 71.1 Å². The third-order valence-electron chi connectivity index (χ3n) is 12.2. The molecule has 426 valence electrons. The van der Waals surface area contributed by atoms with Crippen molar-refractivity contribution in [3.8, 4) is 0 Å². The van der Waals surface area contributed by atoms with Crippen LogP contribution < -0.4 is 54.0 Å². The van der Waals surface area contributed by atoms with Crippen LogP contribution in [0.25, 0.3) is 0 Å². The second-order valence-electron chi connectivity index (χ2n) is 19.3. The molecule has 0 aromatic carbocycles. The Labute approximate surface area is 439 Å². The number of aliphatic hydroxyl groups is 1. The summed E-state index contributed by atoms with van der Waals surface area (Å²) in [4.78, 5) is 165. The van der Waals surface area contributed by atoms with Gasteiger partial charge >= 0.3 is 17.9 Å². The fourth-order valence-electron chi connectivity index (χ4n) is 8.00. The van der Waals surface area contributed by atoms with Crippen LogP contribution in [-0.2, 0) is 64.0 Å². The number of unbranched alkanes of at least 4 members (excludes halogenated alkanes) is 1. The number of likely N-dealkylation sites (tertiary alicyclic amines) is 1. The smallest absolute Gasteiger partial charge is 0.326 e. The number of imidazole rings is 1. The van der Waals surface area contributed by atoms with E-state index in [9.17, 15) is 78.0 Å². The number of aliphatic hydroxyl groups excluding tert-OH is 1. The van der Waals surface area contributed by atoms with Gasteiger partial charge < -0.3 is 84.3 Å². The van der Waals surface area contributed by atoms with Gasteiger partial charge in [-0.15, -0.1) is 0 Å². The van der Waals surface area contributed by atoms with Gasteiger partial charge in [-0.05, 0) is 83.6 Å². The molecule has 0 bridgehead atoms. The molecule has 1 aliphatic rings. The normalized spacial score (nSPS) is 16.8. The molecular formula is C47H77N13O16. The van der Waals surface area contributed by atoms with Crippen LogP contribution in [0, 0.1) is 11.8 Å². The number of aromatic nitrogens is 2. The molecule has 1 aromatic heterocycles. The topological polar surface area (TPSA) is 466 Å². The number of carbonyl (C=O) groups excluding carboxylic acids is 9. The van der Waals surface area contributed by atoms with E-state index in [1.165, 1.54) is 26.4 Å². The Bertz CT molecular complexity index is 2180. The van der Waals surface area contributed by atoms with Crippen LogP contribution in [0.1, 0.15) is 111 Å². The zero-order valence-electron chi connectivity index (χ0n) is 43.7. The van der Waals surface area contributed by atoms with Crippen molar-refractivity contribution in [1.82, 2.24) is 57.4 Å². The van der Waals surface area contributed by atoms with Crippen molar-refractivity contribution in [2.75, 3.05) is 19.6 Å². The van der Waals surface area contributed by atoms with E-state index in [-0.39, 0.29) is 57.7 Å². The van der Waals surface area contributed by atoms with Crippen LogP contribution >= 0.6 is 0 Å². The molecule has 2 heterocycles. The van der Waals surface area contributed by atoms with Crippen molar-refractivity contribution in [1.29, 1.82) is 0 Å². The van der Waals surface area contributed by atoms with Gasteiger partial charge in [0.25, 0.3) is 0 Å². The van der Waals surface area contributed by atoms with E-state index >= 15 is 0 Å². The van der Waals surface area contributed by atoms with Crippen molar-refractivity contribution in [3.63, 3.8) is 0 Å². The third-order valence-corrected chi connectivity index (χ3v) is 12.2. The van der Waals surface area contributed by atoms with Gasteiger partial charge in [0.2, 0.25) is 53.2 Å². The number of nitrogens with two attached hydrogens (primary N) is 2. The molecular weight excluding hydrogens is 1010 g/mol. The Morgan fingerprint density at radius 1 is 0.658 bits per heavy atom. The highest BCUT2D eigenvalue weighted by Gasteiger charge is 2.42. The van der Waals surface area contributed by atoms with E-state index in [2.05, 4.69) is 52.5 Å². The Morgan fingerprint density at radius 3 is 1.71 bits per heavy atom. The predicted octanol–water partition coefficient (Wildman–Crippen LogP) is -4.17. The first-order valence-electron chi connectivity index (χ1n) is 25.1. The van der Waals surface area contributed by atoms with Crippen LogP contribution in [0.2, 0.25) is 0 Å². The van der Waals surface area contributed by atoms with Crippen molar-refractivity contribution in [3.05, 3.63) is 18.2 Å². The molecule has 9 amide bonds. The number of hydrogen-bond donors (Lipinski definition) is 15. The first-order chi connectivity index (χ1) is 35.7. The highest BCUT2D eigenvalue weighted by Crippen LogP contribution is 2.21. The Hall–Kier alpha value is -7.27. The van der Waals surface area contributed by atoms with Gasteiger partial charge in [0.15, 0.2) is 0 Å². The lowest BCUT2D eigenvalue weighted by molar-refractivity contribution is -0.145. The maximum absolute atomic E-state index is 14.3. The molecule has 10 atom stereocenters. The first kappa shape index (κ1) is 64.8. The van der Waals surface area contributed by atoms with E-state index in [0.717, 1.165) is 4.90 Å². The van der Waals surface area contributed by atoms with Gasteiger partial charge in [0, 0.05) is 37.7 Å². The molecule has 0 aliphatic carbocycles. The van der Waals surface area contributed by atoms with Crippen LogP contribution in [0.5, 0.6) is 0 Å². The lowest BCUT2D eigenvalue weighted by Gasteiger charge is -2.32. The van der Waals surface area contributed by atoms with Crippen LogP contribution in [0.4, 0.5) is 0 Å². The number of amides is 9. The molecule has 1 saturated heterocycles. The van der Waals surface area contributed by atoms with Crippen molar-refractivity contribution in [2.45, 2.75) is 173 Å². The number of H-pyrrole nitrogens is 1. The average molecular weight is 1090 g/mol. The van der Waals surface area contributed by atoms with Crippen molar-refractivity contribution in [2.24, 2.45) is 23.3 Å². The Balaban J connectivity index is 2.37. The van der Waals surface area contributed by atoms with E-state index in [0.29, 0.717) is 18.5 Å². The van der Waals surface area contributed by atoms with Crippen LogP contribution in [0.3, 0.4) is 0 Å². The molecule has 2 rings (SSSR count). The number of aromatic amines is 1. The maximum Gasteiger partial charge on any atom is 0.326 e. The molecule has 0 radical (unpaired) electrons. The lowest BCUT2D eigenvalue weighted by Crippen LogP contribution is -2.62. The van der Waals surface area contributed by atoms with E-state index in [1.807, 2.05) is 0 Å². The largest absolute Gasteiger partial charge is 0.481 e. The molecule has 76 heavy (non-hydrogen) atoms. The summed E-state index contributed by atoms with van der Waals surface area (Å²) in [5, 5.41) is 59.2. The van der Waals surface area contributed by atoms with Gasteiger partial charge in [0.05, 0.1) is 19.0 Å². The maximum atomic E-state index is 14.3. The molecule has 29 nitrogen and oxygen atoms in total. The third kappa shape index (κ3) is 21.9. The van der Waals surface area contributed by atoms with E-state index in [1.54, 1.807) is 27.7 Å². The summed E-state index contributed by atoms with van der Waals surface area (Å²) in [5.74, 6) is -13.0. The fourth-order valence-corrected chi connectivity index (χ4v) is 8.00. The fraction of sp³-hybridized carbons (Fsp3) is 0.681. The van der Waals surface area contributed by atoms with Gasteiger partial charge in [0.1, 0.15) is 54.4 Å². The molecule has 0 unspecified atom stereocenters. The van der Waals surface area contributed by atoms with Gasteiger partial charge in [-0.1, -0.05) is 27.7 Å². The zero-order chi connectivity index (χ0) is 57.4. The number of carboxylic acid groups (broad SMARTS) is 3.